The lowest BCUT2D eigenvalue weighted by molar-refractivity contribution is -0.274. The van der Waals surface area contributed by atoms with Gasteiger partial charge in [-0.3, -0.25) is 14.5 Å². The van der Waals surface area contributed by atoms with Crippen LogP contribution in [0.3, 0.4) is 0 Å². The minimum absolute atomic E-state index is 0.0905. The van der Waals surface area contributed by atoms with E-state index in [1.54, 1.807) is 4.90 Å². The van der Waals surface area contributed by atoms with Gasteiger partial charge in [0.2, 0.25) is 11.8 Å². The van der Waals surface area contributed by atoms with Gasteiger partial charge in [-0.1, -0.05) is 20.8 Å². The molecular weight excluding hydrogens is 363 g/mol. The quantitative estimate of drug-likeness (QED) is 0.863. The molecule has 6 nitrogen and oxygen atoms in total. The zero-order valence-electron chi connectivity index (χ0n) is 15.6. The van der Waals surface area contributed by atoms with Crippen LogP contribution in [-0.2, 0) is 9.59 Å². The second-order valence-corrected chi connectivity index (χ2v) is 7.44. The van der Waals surface area contributed by atoms with Crippen LogP contribution >= 0.6 is 0 Å². The van der Waals surface area contributed by atoms with E-state index in [0.29, 0.717) is 31.9 Å². The summed E-state index contributed by atoms with van der Waals surface area (Å²) in [6.07, 6.45) is -4.75. The van der Waals surface area contributed by atoms with Gasteiger partial charge in [0, 0.05) is 37.3 Å². The van der Waals surface area contributed by atoms with Crippen LogP contribution in [0.4, 0.5) is 18.9 Å². The molecule has 0 unspecified atom stereocenters. The molecule has 9 heteroatoms. The lowest BCUT2D eigenvalue weighted by Gasteiger charge is -2.37. The normalized spacial score (nSPS) is 16.1. The zero-order chi connectivity index (χ0) is 20.2. The van der Waals surface area contributed by atoms with Crippen molar-refractivity contribution in [3.05, 3.63) is 24.3 Å². The highest BCUT2D eigenvalue weighted by Crippen LogP contribution is 2.24. The van der Waals surface area contributed by atoms with Crippen molar-refractivity contribution < 1.29 is 27.5 Å². The van der Waals surface area contributed by atoms with Crippen molar-refractivity contribution >= 4 is 17.5 Å². The lowest BCUT2D eigenvalue weighted by Crippen LogP contribution is -2.52. The summed E-state index contributed by atoms with van der Waals surface area (Å²) in [5.74, 6) is -0.525. The highest BCUT2D eigenvalue weighted by Gasteiger charge is 2.31. The standard InChI is InChI=1S/C18H24F3N3O3/c1-17(2,3)16(26)24-10-8-23(9-11-24)12-15(25)22-13-4-6-14(7-5-13)27-18(19,20)21/h4-7H,8-12H2,1-3H3,(H,22,25). The molecule has 1 aliphatic rings. The van der Waals surface area contributed by atoms with E-state index >= 15 is 0 Å². The Balaban J connectivity index is 1.79. The van der Waals surface area contributed by atoms with E-state index in [9.17, 15) is 22.8 Å². The van der Waals surface area contributed by atoms with E-state index in [2.05, 4.69) is 10.1 Å². The summed E-state index contributed by atoms with van der Waals surface area (Å²) in [4.78, 5) is 28.1. The maximum Gasteiger partial charge on any atom is 0.573 e. The summed E-state index contributed by atoms with van der Waals surface area (Å²) in [6, 6.07) is 4.97. The number of nitrogens with zero attached hydrogens (tertiary/aromatic N) is 2. The molecule has 1 heterocycles. The van der Waals surface area contributed by atoms with Gasteiger partial charge in [0.1, 0.15) is 5.75 Å². The van der Waals surface area contributed by atoms with Crippen LogP contribution in [0.1, 0.15) is 20.8 Å². The number of ether oxygens (including phenoxy) is 1. The smallest absolute Gasteiger partial charge is 0.406 e. The second kappa shape index (κ2) is 8.16. The number of anilines is 1. The molecule has 1 aliphatic heterocycles. The number of alkyl halides is 3. The van der Waals surface area contributed by atoms with E-state index in [1.165, 1.54) is 12.1 Å². The Hall–Kier alpha value is -2.29. The van der Waals surface area contributed by atoms with Crippen LogP contribution in [0.15, 0.2) is 24.3 Å². The first kappa shape index (κ1) is 21.0. The fourth-order valence-electron chi connectivity index (χ4n) is 2.73. The molecule has 0 saturated carbocycles. The van der Waals surface area contributed by atoms with Crippen LogP contribution in [0.25, 0.3) is 0 Å². The predicted octanol–water partition coefficient (Wildman–Crippen LogP) is 2.71. The molecule has 0 bridgehead atoms. The number of carbonyl (C=O) groups excluding carboxylic acids is 2. The molecule has 1 aromatic rings. The largest absolute Gasteiger partial charge is 0.573 e. The Kier molecular flexibility index (Phi) is 6.35. The molecule has 0 atom stereocenters. The van der Waals surface area contributed by atoms with Crippen molar-refractivity contribution in [3.63, 3.8) is 0 Å². The van der Waals surface area contributed by atoms with Crippen LogP contribution < -0.4 is 10.1 Å². The van der Waals surface area contributed by atoms with E-state index in [1.807, 2.05) is 25.7 Å². The van der Waals surface area contributed by atoms with E-state index < -0.39 is 11.8 Å². The van der Waals surface area contributed by atoms with Crippen molar-refractivity contribution in [1.29, 1.82) is 0 Å². The number of hydrogen-bond donors (Lipinski definition) is 1. The van der Waals surface area contributed by atoms with Gasteiger partial charge in [0.05, 0.1) is 6.54 Å². The van der Waals surface area contributed by atoms with Crippen molar-refractivity contribution in [2.45, 2.75) is 27.1 Å². The Morgan fingerprint density at radius 3 is 2.07 bits per heavy atom. The number of hydrogen-bond acceptors (Lipinski definition) is 4. The summed E-state index contributed by atoms with van der Waals surface area (Å²) >= 11 is 0. The molecule has 2 amide bonds. The maximum absolute atomic E-state index is 12.3. The molecule has 1 aromatic carbocycles. The summed E-state index contributed by atoms with van der Waals surface area (Å²) in [5, 5.41) is 2.64. The van der Waals surface area contributed by atoms with Gasteiger partial charge in [-0.15, -0.1) is 13.2 Å². The molecule has 1 N–H and O–H groups in total. The average Bonchev–Trinajstić information content (AvgIpc) is 2.54. The van der Waals surface area contributed by atoms with Crippen LogP contribution in [-0.4, -0.2) is 60.7 Å². The number of rotatable bonds is 4. The molecule has 0 radical (unpaired) electrons. The summed E-state index contributed by atoms with van der Waals surface area (Å²) < 4.78 is 40.2. The third-order valence-corrected chi connectivity index (χ3v) is 4.04. The number of halogens is 3. The molecule has 0 aliphatic carbocycles. The van der Waals surface area contributed by atoms with Gasteiger partial charge in [0.25, 0.3) is 0 Å². The van der Waals surface area contributed by atoms with Crippen LogP contribution in [0, 0.1) is 5.41 Å². The number of carbonyl (C=O) groups is 2. The monoisotopic (exact) mass is 387 g/mol. The second-order valence-electron chi connectivity index (χ2n) is 7.44. The van der Waals surface area contributed by atoms with Gasteiger partial charge in [-0.25, -0.2) is 0 Å². The minimum Gasteiger partial charge on any atom is -0.406 e. The van der Waals surface area contributed by atoms with Crippen molar-refractivity contribution in [2.24, 2.45) is 5.41 Å². The average molecular weight is 387 g/mol. The molecule has 1 saturated heterocycles. The first-order valence-electron chi connectivity index (χ1n) is 8.61. The van der Waals surface area contributed by atoms with Crippen molar-refractivity contribution in [1.82, 2.24) is 9.80 Å². The van der Waals surface area contributed by atoms with E-state index in [0.717, 1.165) is 12.1 Å². The van der Waals surface area contributed by atoms with Gasteiger partial charge < -0.3 is 15.0 Å². The first-order chi connectivity index (χ1) is 12.4. The Morgan fingerprint density at radius 1 is 1.04 bits per heavy atom. The van der Waals surface area contributed by atoms with Gasteiger partial charge in [0.15, 0.2) is 0 Å². The van der Waals surface area contributed by atoms with E-state index in [-0.39, 0.29) is 24.1 Å². The number of nitrogens with one attached hydrogen (secondary N) is 1. The van der Waals surface area contributed by atoms with Crippen molar-refractivity contribution in [3.8, 4) is 5.75 Å². The van der Waals surface area contributed by atoms with Crippen LogP contribution in [0.5, 0.6) is 5.75 Å². The molecule has 2 rings (SSSR count). The number of amides is 2. The number of piperazine rings is 1. The molecule has 27 heavy (non-hydrogen) atoms. The topological polar surface area (TPSA) is 61.9 Å². The molecular formula is C18H24F3N3O3. The third-order valence-electron chi connectivity index (χ3n) is 4.04. The fraction of sp³-hybridized carbons (Fsp3) is 0.556. The summed E-state index contributed by atoms with van der Waals surface area (Å²) in [5.41, 5.74) is -0.0438. The van der Waals surface area contributed by atoms with Crippen molar-refractivity contribution in [2.75, 3.05) is 38.0 Å². The SMILES string of the molecule is CC(C)(C)C(=O)N1CCN(CC(=O)Nc2ccc(OC(F)(F)F)cc2)CC1. The fourth-order valence-corrected chi connectivity index (χ4v) is 2.73. The van der Waals surface area contributed by atoms with E-state index in [4.69, 9.17) is 0 Å². The van der Waals surface area contributed by atoms with Crippen LogP contribution in [0.2, 0.25) is 0 Å². The zero-order valence-corrected chi connectivity index (χ0v) is 15.6. The Morgan fingerprint density at radius 2 is 1.59 bits per heavy atom. The number of benzene rings is 1. The third kappa shape index (κ3) is 6.74. The first-order valence-corrected chi connectivity index (χ1v) is 8.61. The van der Waals surface area contributed by atoms with Gasteiger partial charge in [-0.05, 0) is 24.3 Å². The molecule has 0 aromatic heterocycles. The molecule has 0 spiro atoms. The highest BCUT2D eigenvalue weighted by molar-refractivity contribution is 5.92. The van der Waals surface area contributed by atoms with Gasteiger partial charge in [-0.2, -0.15) is 0 Å². The minimum atomic E-state index is -4.75. The highest BCUT2D eigenvalue weighted by atomic mass is 19.4. The summed E-state index contributed by atoms with van der Waals surface area (Å²) in [7, 11) is 0. The lowest BCUT2D eigenvalue weighted by atomic mass is 9.94. The molecule has 1 fully saturated rings. The Labute approximate surface area is 156 Å². The molecule has 150 valence electrons. The van der Waals surface area contributed by atoms with Gasteiger partial charge >= 0.3 is 6.36 Å². The Bertz CT molecular complexity index is 661. The maximum atomic E-state index is 12.3. The predicted molar refractivity (Wildman–Crippen MR) is 94.2 cm³/mol. The summed E-state index contributed by atoms with van der Waals surface area (Å²) in [6.45, 7) is 8.08.